The van der Waals surface area contributed by atoms with Gasteiger partial charge in [0.2, 0.25) is 11.7 Å². The lowest BCUT2D eigenvalue weighted by atomic mass is 9.72. The van der Waals surface area contributed by atoms with Crippen LogP contribution in [0.3, 0.4) is 0 Å². The minimum atomic E-state index is -0.955. The second-order valence-corrected chi connectivity index (χ2v) is 8.14. The molecule has 7 nitrogen and oxygen atoms in total. The first-order valence-corrected chi connectivity index (χ1v) is 9.99. The second kappa shape index (κ2) is 6.37. The summed E-state index contributed by atoms with van der Waals surface area (Å²) in [4.78, 5) is 11.1. The maximum Gasteiger partial charge on any atom is 0.224 e. The monoisotopic (exact) mass is 394 g/mol. The van der Waals surface area contributed by atoms with E-state index in [-0.39, 0.29) is 5.92 Å². The molecule has 3 heterocycles. The van der Waals surface area contributed by atoms with Gasteiger partial charge >= 0.3 is 0 Å². The maximum atomic E-state index is 6.59. The van der Waals surface area contributed by atoms with Crippen molar-refractivity contribution in [3.05, 3.63) is 48.0 Å². The molecular weight excluding hydrogens is 368 g/mol. The third-order valence-electron chi connectivity index (χ3n) is 6.39. The molecule has 0 aliphatic carbocycles. The number of guanidine groups is 1. The van der Waals surface area contributed by atoms with Crippen LogP contribution in [0.4, 0.5) is 5.69 Å². The minimum absolute atomic E-state index is 0.0950. The van der Waals surface area contributed by atoms with Gasteiger partial charge < -0.3 is 20.9 Å². The number of ether oxygens (including phenoxy) is 2. The topological polar surface area (TPSA) is 95.3 Å². The number of rotatable bonds is 1. The number of hydrogen-bond acceptors (Lipinski definition) is 7. The summed E-state index contributed by atoms with van der Waals surface area (Å²) < 4.78 is 12.4. The molecular formula is C22H26N4O3. The van der Waals surface area contributed by atoms with Gasteiger partial charge in [-0.15, -0.1) is 0 Å². The average Bonchev–Trinajstić information content (AvgIpc) is 3.02. The summed E-state index contributed by atoms with van der Waals surface area (Å²) in [5.74, 6) is 1.02. The molecule has 7 heteroatoms. The molecule has 0 aromatic heterocycles. The van der Waals surface area contributed by atoms with Crippen molar-refractivity contribution in [2.45, 2.75) is 31.1 Å². The fraction of sp³-hybridized carbons (Fsp3) is 0.409. The lowest BCUT2D eigenvalue weighted by molar-refractivity contribution is -0.247. The van der Waals surface area contributed by atoms with Gasteiger partial charge in [-0.3, -0.25) is 0 Å². The van der Waals surface area contributed by atoms with Crippen LogP contribution in [0, 0.1) is 5.92 Å². The van der Waals surface area contributed by atoms with Gasteiger partial charge in [0.15, 0.2) is 0 Å². The molecule has 2 aromatic rings. The van der Waals surface area contributed by atoms with Crippen molar-refractivity contribution in [2.24, 2.45) is 16.6 Å². The van der Waals surface area contributed by atoms with Gasteiger partial charge in [-0.25, -0.2) is 14.9 Å². The lowest BCUT2D eigenvalue weighted by Crippen LogP contribution is -2.59. The summed E-state index contributed by atoms with van der Waals surface area (Å²) in [6.45, 7) is 3.37. The molecule has 5 rings (SSSR count). The molecule has 3 aliphatic rings. The van der Waals surface area contributed by atoms with Crippen LogP contribution in [-0.4, -0.2) is 36.9 Å². The normalized spacial score (nSPS) is 30.9. The standard InChI is InChI=1S/C22H26N4O3/c1-14-21(9-4-10-27-13-21)28-19-8-7-16(15-5-3-6-17(23)11-15)12-18(19)22(14)25-20(24)26(2)29-22/h3,5-8,11-12,14H,4,9-10,13,23H2,1-2H3,(H2,24,25). The Balaban J connectivity index is 1.68. The Hall–Kier alpha value is -2.77. The number of anilines is 1. The average molecular weight is 394 g/mol. The first-order valence-electron chi connectivity index (χ1n) is 9.99. The highest BCUT2D eigenvalue weighted by molar-refractivity contribution is 5.79. The largest absolute Gasteiger partial charge is 0.484 e. The Bertz CT molecular complexity index is 986. The molecule has 0 bridgehead atoms. The first-order chi connectivity index (χ1) is 13.9. The SMILES string of the molecule is CC1C2(CCCOC2)Oc2ccc(-c3cccc(N)c3)cc2C12N=C(N)N(C)O2. The molecule has 4 N–H and O–H groups in total. The van der Waals surface area contributed by atoms with Gasteiger partial charge in [0, 0.05) is 19.3 Å². The zero-order valence-corrected chi connectivity index (χ0v) is 16.7. The predicted molar refractivity (Wildman–Crippen MR) is 111 cm³/mol. The number of hydroxylamine groups is 2. The summed E-state index contributed by atoms with van der Waals surface area (Å²) >= 11 is 0. The molecule has 152 valence electrons. The van der Waals surface area contributed by atoms with Gasteiger partial charge in [-0.2, -0.15) is 0 Å². The van der Waals surface area contributed by atoms with Crippen LogP contribution < -0.4 is 16.2 Å². The predicted octanol–water partition coefficient (Wildman–Crippen LogP) is 2.86. The number of hydrogen-bond donors (Lipinski definition) is 2. The van der Waals surface area contributed by atoms with Crippen LogP contribution >= 0.6 is 0 Å². The van der Waals surface area contributed by atoms with E-state index in [4.69, 9.17) is 30.8 Å². The van der Waals surface area contributed by atoms with E-state index in [2.05, 4.69) is 13.0 Å². The minimum Gasteiger partial charge on any atom is -0.484 e. The zero-order chi connectivity index (χ0) is 20.2. The molecule has 1 saturated heterocycles. The van der Waals surface area contributed by atoms with Crippen LogP contribution in [0.25, 0.3) is 11.1 Å². The van der Waals surface area contributed by atoms with E-state index in [0.29, 0.717) is 12.6 Å². The van der Waals surface area contributed by atoms with Crippen molar-refractivity contribution in [2.75, 3.05) is 26.0 Å². The molecule has 2 aromatic carbocycles. The van der Waals surface area contributed by atoms with Crippen LogP contribution in [0.15, 0.2) is 47.5 Å². The smallest absolute Gasteiger partial charge is 0.224 e. The van der Waals surface area contributed by atoms with Crippen molar-refractivity contribution in [1.29, 1.82) is 0 Å². The highest BCUT2D eigenvalue weighted by atomic mass is 16.7. The zero-order valence-electron chi connectivity index (χ0n) is 16.7. The highest BCUT2D eigenvalue weighted by Gasteiger charge is 2.60. The Labute approximate surface area is 170 Å². The first kappa shape index (κ1) is 18.3. The maximum absolute atomic E-state index is 6.59. The Morgan fingerprint density at radius 3 is 2.66 bits per heavy atom. The summed E-state index contributed by atoms with van der Waals surface area (Å²) in [7, 11) is 1.78. The van der Waals surface area contributed by atoms with Crippen LogP contribution in [0.2, 0.25) is 0 Å². The lowest BCUT2D eigenvalue weighted by Gasteiger charge is -2.51. The molecule has 2 spiro atoms. The third kappa shape index (κ3) is 2.68. The van der Waals surface area contributed by atoms with Gasteiger partial charge in [-0.1, -0.05) is 25.1 Å². The Morgan fingerprint density at radius 1 is 1.14 bits per heavy atom. The quantitative estimate of drug-likeness (QED) is 0.722. The van der Waals surface area contributed by atoms with Crippen molar-refractivity contribution < 1.29 is 14.3 Å². The second-order valence-electron chi connectivity index (χ2n) is 8.14. The third-order valence-corrected chi connectivity index (χ3v) is 6.39. The van der Waals surface area contributed by atoms with Crippen LogP contribution in [0.5, 0.6) is 5.75 Å². The van der Waals surface area contributed by atoms with Gasteiger partial charge in [0.05, 0.1) is 18.1 Å². The molecule has 3 aliphatic heterocycles. The van der Waals surface area contributed by atoms with E-state index in [1.165, 1.54) is 5.06 Å². The molecule has 29 heavy (non-hydrogen) atoms. The van der Waals surface area contributed by atoms with E-state index < -0.39 is 11.3 Å². The highest BCUT2D eigenvalue weighted by Crippen LogP contribution is 2.55. The van der Waals surface area contributed by atoms with Crippen LogP contribution in [-0.2, 0) is 15.3 Å². The molecule has 0 amide bonds. The van der Waals surface area contributed by atoms with Crippen molar-refractivity contribution >= 4 is 11.6 Å². The number of fused-ring (bicyclic) bond motifs is 2. The van der Waals surface area contributed by atoms with Crippen molar-refractivity contribution in [3.8, 4) is 16.9 Å². The van der Waals surface area contributed by atoms with E-state index in [1.54, 1.807) is 7.05 Å². The molecule has 3 atom stereocenters. The van der Waals surface area contributed by atoms with E-state index in [9.17, 15) is 0 Å². The van der Waals surface area contributed by atoms with Gasteiger partial charge in [-0.05, 0) is 48.2 Å². The van der Waals surface area contributed by atoms with Gasteiger partial charge in [0.25, 0.3) is 0 Å². The Morgan fingerprint density at radius 2 is 1.97 bits per heavy atom. The molecule has 1 fully saturated rings. The van der Waals surface area contributed by atoms with Crippen molar-refractivity contribution in [1.82, 2.24) is 5.06 Å². The number of aliphatic imine (C=N–C) groups is 1. The van der Waals surface area contributed by atoms with E-state index in [1.807, 2.05) is 36.4 Å². The summed E-state index contributed by atoms with van der Waals surface area (Å²) in [6.07, 6.45) is 1.82. The molecule has 3 unspecified atom stereocenters. The van der Waals surface area contributed by atoms with Crippen molar-refractivity contribution in [3.63, 3.8) is 0 Å². The fourth-order valence-electron chi connectivity index (χ4n) is 4.71. The molecule has 0 radical (unpaired) electrons. The number of benzene rings is 2. The van der Waals surface area contributed by atoms with Crippen LogP contribution in [0.1, 0.15) is 25.3 Å². The fourth-order valence-corrected chi connectivity index (χ4v) is 4.71. The summed E-state index contributed by atoms with van der Waals surface area (Å²) in [5, 5.41) is 1.54. The number of nitrogens with two attached hydrogens (primary N) is 2. The number of nitrogen functional groups attached to an aromatic ring is 1. The molecule has 0 saturated carbocycles. The Kier molecular flexibility index (Phi) is 4.01. The van der Waals surface area contributed by atoms with Gasteiger partial charge in [0.1, 0.15) is 11.4 Å². The summed E-state index contributed by atoms with van der Waals surface area (Å²) in [5.41, 5.74) is 14.3. The van der Waals surface area contributed by atoms with E-state index >= 15 is 0 Å². The van der Waals surface area contributed by atoms with E-state index in [0.717, 1.165) is 47.6 Å². The number of nitrogens with zero attached hydrogens (tertiary/aromatic N) is 2. The summed E-state index contributed by atoms with van der Waals surface area (Å²) in [6, 6.07) is 13.9.